The second-order valence-corrected chi connectivity index (χ2v) is 8.32. The summed E-state index contributed by atoms with van der Waals surface area (Å²) < 4.78 is 26.3. The topological polar surface area (TPSA) is 69.2 Å². The molecular formula is C20H21FN4O2S. The second kappa shape index (κ2) is 7.60. The van der Waals surface area contributed by atoms with Crippen LogP contribution in [-0.2, 0) is 4.74 Å². The lowest BCUT2D eigenvalue weighted by Crippen LogP contribution is -2.42. The number of thiazole rings is 1. The fourth-order valence-corrected chi connectivity index (χ4v) is 4.72. The molecule has 2 aromatic heterocycles. The standard InChI is InChI=1S/C20H21FN4O2S/c21-15-2-1-3-16-18(15)25-20(28-16)24-13-10-14(11-13)27-19-17(22-6-7-23-19)12-4-8-26-9-5-12/h1-3,6-7,12-14H,4-5,8-11H2,(H,24,25). The van der Waals surface area contributed by atoms with Gasteiger partial charge in [-0.25, -0.2) is 14.4 Å². The minimum Gasteiger partial charge on any atom is -0.473 e. The zero-order chi connectivity index (χ0) is 18.9. The average Bonchev–Trinajstić information content (AvgIpc) is 3.11. The molecule has 0 spiro atoms. The van der Waals surface area contributed by atoms with Crippen LogP contribution in [-0.4, -0.2) is 40.3 Å². The summed E-state index contributed by atoms with van der Waals surface area (Å²) in [5, 5.41) is 4.15. The first-order valence-electron chi connectivity index (χ1n) is 9.63. The molecule has 28 heavy (non-hydrogen) atoms. The molecule has 0 bridgehead atoms. The Morgan fingerprint density at radius 3 is 2.79 bits per heavy atom. The minimum absolute atomic E-state index is 0.110. The van der Waals surface area contributed by atoms with Crippen LogP contribution in [0.2, 0.25) is 0 Å². The molecule has 0 radical (unpaired) electrons. The van der Waals surface area contributed by atoms with Crippen molar-refractivity contribution in [3.8, 4) is 5.88 Å². The monoisotopic (exact) mass is 400 g/mol. The van der Waals surface area contributed by atoms with Gasteiger partial charge in [0.2, 0.25) is 5.88 Å². The summed E-state index contributed by atoms with van der Waals surface area (Å²) in [4.78, 5) is 13.3. The van der Waals surface area contributed by atoms with Crippen LogP contribution in [0.1, 0.15) is 37.3 Å². The third kappa shape index (κ3) is 3.54. The number of ether oxygens (including phenoxy) is 2. The number of benzene rings is 1. The summed E-state index contributed by atoms with van der Waals surface area (Å²) in [5.74, 6) is 0.726. The Kier molecular flexibility index (Phi) is 4.82. The number of nitrogens with zero attached hydrogens (tertiary/aromatic N) is 3. The number of para-hydroxylation sites is 1. The molecule has 1 aromatic carbocycles. The van der Waals surface area contributed by atoms with Crippen molar-refractivity contribution in [1.29, 1.82) is 0 Å². The van der Waals surface area contributed by atoms with Crippen LogP contribution in [0, 0.1) is 5.82 Å². The number of hydrogen-bond donors (Lipinski definition) is 1. The largest absolute Gasteiger partial charge is 0.473 e. The first kappa shape index (κ1) is 17.8. The molecule has 1 N–H and O–H groups in total. The molecule has 8 heteroatoms. The normalized spacial score (nSPS) is 22.8. The van der Waals surface area contributed by atoms with Crippen LogP contribution >= 0.6 is 11.3 Å². The van der Waals surface area contributed by atoms with E-state index >= 15 is 0 Å². The van der Waals surface area contributed by atoms with Gasteiger partial charge in [0, 0.05) is 50.4 Å². The van der Waals surface area contributed by atoms with E-state index in [1.165, 1.54) is 17.4 Å². The van der Waals surface area contributed by atoms with Crippen LogP contribution in [0.5, 0.6) is 5.88 Å². The Morgan fingerprint density at radius 1 is 1.14 bits per heavy atom. The smallest absolute Gasteiger partial charge is 0.236 e. The maximum atomic E-state index is 13.8. The lowest BCUT2D eigenvalue weighted by Gasteiger charge is -2.36. The molecular weight excluding hydrogens is 379 g/mol. The van der Waals surface area contributed by atoms with E-state index in [1.807, 2.05) is 6.07 Å². The highest BCUT2D eigenvalue weighted by Crippen LogP contribution is 2.35. The van der Waals surface area contributed by atoms with Gasteiger partial charge in [0.15, 0.2) is 5.13 Å². The Bertz CT molecular complexity index is 970. The van der Waals surface area contributed by atoms with Crippen molar-refractivity contribution in [2.75, 3.05) is 18.5 Å². The lowest BCUT2D eigenvalue weighted by atomic mass is 9.89. The lowest BCUT2D eigenvalue weighted by molar-refractivity contribution is 0.0780. The molecule has 3 aromatic rings. The predicted molar refractivity (Wildman–Crippen MR) is 105 cm³/mol. The molecule has 1 saturated heterocycles. The van der Waals surface area contributed by atoms with Gasteiger partial charge >= 0.3 is 0 Å². The highest BCUT2D eigenvalue weighted by molar-refractivity contribution is 7.22. The Labute approximate surface area is 166 Å². The molecule has 3 heterocycles. The molecule has 1 aliphatic carbocycles. The van der Waals surface area contributed by atoms with Crippen molar-refractivity contribution >= 4 is 26.7 Å². The van der Waals surface area contributed by atoms with Crippen molar-refractivity contribution in [3.05, 3.63) is 42.1 Å². The number of nitrogens with one attached hydrogen (secondary N) is 1. The van der Waals surface area contributed by atoms with Crippen LogP contribution in [0.25, 0.3) is 10.2 Å². The number of anilines is 1. The van der Waals surface area contributed by atoms with E-state index in [2.05, 4.69) is 20.3 Å². The zero-order valence-electron chi connectivity index (χ0n) is 15.3. The van der Waals surface area contributed by atoms with E-state index in [-0.39, 0.29) is 18.0 Å². The Hall–Kier alpha value is -2.32. The fraction of sp³-hybridized carbons (Fsp3) is 0.450. The number of fused-ring (bicyclic) bond motifs is 1. The molecule has 6 nitrogen and oxygen atoms in total. The van der Waals surface area contributed by atoms with Crippen LogP contribution in [0.3, 0.4) is 0 Å². The van der Waals surface area contributed by atoms with Gasteiger partial charge in [-0.2, -0.15) is 0 Å². The van der Waals surface area contributed by atoms with E-state index < -0.39 is 0 Å². The van der Waals surface area contributed by atoms with Crippen molar-refractivity contribution in [2.45, 2.75) is 43.7 Å². The first-order valence-corrected chi connectivity index (χ1v) is 10.4. The fourth-order valence-electron chi connectivity index (χ4n) is 3.77. The Morgan fingerprint density at radius 2 is 1.96 bits per heavy atom. The molecule has 146 valence electrons. The predicted octanol–water partition coefficient (Wildman–Crippen LogP) is 4.14. The highest BCUT2D eigenvalue weighted by atomic mass is 32.1. The van der Waals surface area contributed by atoms with E-state index in [4.69, 9.17) is 9.47 Å². The number of hydrogen-bond acceptors (Lipinski definition) is 7. The van der Waals surface area contributed by atoms with Crippen LogP contribution < -0.4 is 10.1 Å². The van der Waals surface area contributed by atoms with Gasteiger partial charge in [0.25, 0.3) is 0 Å². The molecule has 0 unspecified atom stereocenters. The average molecular weight is 400 g/mol. The molecule has 0 amide bonds. The SMILES string of the molecule is Fc1cccc2sc(NC3CC(Oc4nccnc4C4CCOCC4)C3)nc12. The highest BCUT2D eigenvalue weighted by Gasteiger charge is 2.33. The zero-order valence-corrected chi connectivity index (χ0v) is 16.1. The quantitative estimate of drug-likeness (QED) is 0.694. The second-order valence-electron chi connectivity index (χ2n) is 7.29. The molecule has 1 saturated carbocycles. The van der Waals surface area contributed by atoms with Crippen LogP contribution in [0.15, 0.2) is 30.6 Å². The van der Waals surface area contributed by atoms with E-state index in [1.54, 1.807) is 18.5 Å². The van der Waals surface area contributed by atoms with Gasteiger partial charge in [-0.05, 0) is 25.0 Å². The summed E-state index contributed by atoms with van der Waals surface area (Å²) in [7, 11) is 0. The van der Waals surface area contributed by atoms with Gasteiger partial charge in [0.1, 0.15) is 23.1 Å². The van der Waals surface area contributed by atoms with E-state index in [0.29, 0.717) is 17.3 Å². The summed E-state index contributed by atoms with van der Waals surface area (Å²) in [6, 6.07) is 5.32. The van der Waals surface area contributed by atoms with Crippen molar-refractivity contribution in [2.24, 2.45) is 0 Å². The number of aromatic nitrogens is 3. The van der Waals surface area contributed by atoms with Crippen molar-refractivity contribution < 1.29 is 13.9 Å². The van der Waals surface area contributed by atoms with E-state index in [9.17, 15) is 4.39 Å². The third-order valence-corrected chi connectivity index (χ3v) is 6.32. The van der Waals surface area contributed by atoms with Gasteiger partial charge in [-0.15, -0.1) is 0 Å². The maximum absolute atomic E-state index is 13.8. The third-order valence-electron chi connectivity index (χ3n) is 5.37. The van der Waals surface area contributed by atoms with Crippen LogP contribution in [0.4, 0.5) is 9.52 Å². The summed E-state index contributed by atoms with van der Waals surface area (Å²) >= 11 is 1.48. The van der Waals surface area contributed by atoms with Gasteiger partial charge < -0.3 is 14.8 Å². The molecule has 5 rings (SSSR count). The van der Waals surface area contributed by atoms with Crippen molar-refractivity contribution in [1.82, 2.24) is 15.0 Å². The van der Waals surface area contributed by atoms with Gasteiger partial charge in [0.05, 0.1) is 4.70 Å². The van der Waals surface area contributed by atoms with Gasteiger partial charge in [-0.1, -0.05) is 17.4 Å². The summed E-state index contributed by atoms with van der Waals surface area (Å²) in [6.07, 6.45) is 7.16. The minimum atomic E-state index is -0.278. The maximum Gasteiger partial charge on any atom is 0.236 e. The number of rotatable bonds is 5. The van der Waals surface area contributed by atoms with E-state index in [0.717, 1.165) is 54.4 Å². The summed E-state index contributed by atoms with van der Waals surface area (Å²) in [6.45, 7) is 1.53. The number of halogens is 1. The molecule has 2 aliphatic rings. The molecule has 1 aliphatic heterocycles. The first-order chi connectivity index (χ1) is 13.8. The molecule has 2 fully saturated rings. The van der Waals surface area contributed by atoms with Crippen molar-refractivity contribution in [3.63, 3.8) is 0 Å². The Balaban J connectivity index is 1.20. The summed E-state index contributed by atoms with van der Waals surface area (Å²) in [5.41, 5.74) is 1.38. The molecule has 0 atom stereocenters. The van der Waals surface area contributed by atoms with Gasteiger partial charge in [-0.3, -0.25) is 4.98 Å².